The van der Waals surface area contributed by atoms with Gasteiger partial charge in [-0.25, -0.2) is 0 Å². The van der Waals surface area contributed by atoms with Crippen molar-refractivity contribution in [1.82, 2.24) is 4.90 Å². The number of carbonyl (C=O) groups excluding carboxylic acids is 1. The van der Waals surface area contributed by atoms with Crippen LogP contribution in [0.25, 0.3) is 0 Å². The number of thiophene rings is 1. The van der Waals surface area contributed by atoms with E-state index < -0.39 is 0 Å². The van der Waals surface area contributed by atoms with Gasteiger partial charge in [-0.3, -0.25) is 4.90 Å². The van der Waals surface area contributed by atoms with Gasteiger partial charge in [0.2, 0.25) is 0 Å². The zero-order valence-corrected chi connectivity index (χ0v) is 11.6. The number of hydrogen-bond acceptors (Lipinski definition) is 3. The second-order valence-corrected chi connectivity index (χ2v) is 5.92. The Bertz CT molecular complexity index is 523. The number of hydrogen-bond donors (Lipinski definition) is 0. The first-order valence-electron chi connectivity index (χ1n) is 6.60. The van der Waals surface area contributed by atoms with Crippen LogP contribution in [0.3, 0.4) is 0 Å². The molecular weight excluding hydrogens is 254 g/mol. The average molecular weight is 271 g/mol. The summed E-state index contributed by atoms with van der Waals surface area (Å²) >= 11 is 1.71. The van der Waals surface area contributed by atoms with Gasteiger partial charge in [-0.2, -0.15) is 11.3 Å². The minimum Gasteiger partial charge on any atom is -0.303 e. The zero-order chi connectivity index (χ0) is 13.1. The molecule has 2 aromatic rings. The van der Waals surface area contributed by atoms with E-state index in [0.29, 0.717) is 5.92 Å². The third kappa shape index (κ3) is 2.77. The van der Waals surface area contributed by atoms with E-state index in [0.717, 1.165) is 25.9 Å². The van der Waals surface area contributed by atoms with E-state index >= 15 is 0 Å². The van der Waals surface area contributed by atoms with Crippen molar-refractivity contribution in [3.63, 3.8) is 0 Å². The highest BCUT2D eigenvalue weighted by Crippen LogP contribution is 2.33. The van der Waals surface area contributed by atoms with Crippen molar-refractivity contribution in [3.8, 4) is 0 Å². The van der Waals surface area contributed by atoms with Crippen LogP contribution in [-0.2, 0) is 11.3 Å². The molecule has 0 amide bonds. The third-order valence-electron chi connectivity index (χ3n) is 3.84. The van der Waals surface area contributed by atoms with Crippen LogP contribution in [0.1, 0.15) is 17.0 Å². The Labute approximate surface area is 117 Å². The SMILES string of the molecule is O=CC1CN(Cc2ccccc2)CC1c1ccsc1. The van der Waals surface area contributed by atoms with Crippen LogP contribution in [0.15, 0.2) is 47.2 Å². The Morgan fingerprint density at radius 3 is 2.74 bits per heavy atom. The smallest absolute Gasteiger partial charge is 0.125 e. The van der Waals surface area contributed by atoms with E-state index in [2.05, 4.69) is 46.0 Å². The van der Waals surface area contributed by atoms with E-state index in [-0.39, 0.29) is 5.92 Å². The van der Waals surface area contributed by atoms with Gasteiger partial charge in [0.25, 0.3) is 0 Å². The quantitative estimate of drug-likeness (QED) is 0.796. The maximum atomic E-state index is 11.3. The van der Waals surface area contributed by atoms with Gasteiger partial charge in [0, 0.05) is 31.5 Å². The second-order valence-electron chi connectivity index (χ2n) is 5.14. The number of carbonyl (C=O) groups is 1. The molecule has 3 heteroatoms. The topological polar surface area (TPSA) is 20.3 Å². The second kappa shape index (κ2) is 5.68. The van der Waals surface area contributed by atoms with Crippen LogP contribution < -0.4 is 0 Å². The highest BCUT2D eigenvalue weighted by molar-refractivity contribution is 7.08. The molecule has 0 bridgehead atoms. The molecule has 2 nitrogen and oxygen atoms in total. The molecule has 0 aliphatic carbocycles. The summed E-state index contributed by atoms with van der Waals surface area (Å²) in [6.07, 6.45) is 1.13. The van der Waals surface area contributed by atoms with E-state index in [1.807, 2.05) is 6.07 Å². The standard InChI is InChI=1S/C16H17NOS/c18-11-15-9-17(8-13-4-2-1-3-5-13)10-16(15)14-6-7-19-12-14/h1-7,11-12,15-16H,8-10H2. The third-order valence-corrected chi connectivity index (χ3v) is 4.54. The van der Waals surface area contributed by atoms with Gasteiger partial charge in [-0.1, -0.05) is 30.3 Å². The monoisotopic (exact) mass is 271 g/mol. The lowest BCUT2D eigenvalue weighted by Crippen LogP contribution is -2.20. The number of benzene rings is 1. The number of rotatable bonds is 4. The fraction of sp³-hybridized carbons (Fsp3) is 0.312. The average Bonchev–Trinajstić information content (AvgIpc) is 3.08. The van der Waals surface area contributed by atoms with Gasteiger partial charge in [0.15, 0.2) is 0 Å². The molecule has 2 heterocycles. The molecule has 3 rings (SSSR count). The normalized spacial score (nSPS) is 23.6. The molecular formula is C16H17NOS. The molecule has 98 valence electrons. The van der Waals surface area contributed by atoms with Gasteiger partial charge in [0.05, 0.1) is 0 Å². The summed E-state index contributed by atoms with van der Waals surface area (Å²) < 4.78 is 0. The first-order chi connectivity index (χ1) is 9.36. The largest absolute Gasteiger partial charge is 0.303 e. The van der Waals surface area contributed by atoms with Crippen LogP contribution in [0.4, 0.5) is 0 Å². The van der Waals surface area contributed by atoms with Crippen LogP contribution in [0.5, 0.6) is 0 Å². The van der Waals surface area contributed by atoms with Crippen molar-refractivity contribution < 1.29 is 4.79 Å². The fourth-order valence-electron chi connectivity index (χ4n) is 2.86. The molecule has 1 saturated heterocycles. The molecule has 1 aliphatic heterocycles. The fourth-order valence-corrected chi connectivity index (χ4v) is 3.59. The van der Waals surface area contributed by atoms with Crippen molar-refractivity contribution in [1.29, 1.82) is 0 Å². The number of aldehydes is 1. The summed E-state index contributed by atoms with van der Waals surface area (Å²) in [7, 11) is 0. The van der Waals surface area contributed by atoms with Crippen molar-refractivity contribution in [3.05, 3.63) is 58.3 Å². The van der Waals surface area contributed by atoms with Gasteiger partial charge >= 0.3 is 0 Å². The van der Waals surface area contributed by atoms with Gasteiger partial charge < -0.3 is 4.79 Å². The van der Waals surface area contributed by atoms with E-state index in [4.69, 9.17) is 0 Å². The molecule has 1 aromatic heterocycles. The summed E-state index contributed by atoms with van der Waals surface area (Å²) in [5, 5.41) is 4.27. The Balaban J connectivity index is 1.71. The molecule has 0 spiro atoms. The van der Waals surface area contributed by atoms with Crippen LogP contribution in [0.2, 0.25) is 0 Å². The van der Waals surface area contributed by atoms with Crippen molar-refractivity contribution in [2.75, 3.05) is 13.1 Å². The number of nitrogens with zero attached hydrogens (tertiary/aromatic N) is 1. The van der Waals surface area contributed by atoms with Crippen LogP contribution in [0, 0.1) is 5.92 Å². The lowest BCUT2D eigenvalue weighted by molar-refractivity contribution is -0.111. The lowest BCUT2D eigenvalue weighted by Gasteiger charge is -2.15. The lowest BCUT2D eigenvalue weighted by atomic mass is 9.92. The number of likely N-dealkylation sites (tertiary alicyclic amines) is 1. The maximum Gasteiger partial charge on any atom is 0.125 e. The molecule has 1 fully saturated rings. The molecule has 1 aromatic carbocycles. The van der Waals surface area contributed by atoms with Crippen LogP contribution >= 0.6 is 11.3 Å². The zero-order valence-electron chi connectivity index (χ0n) is 10.7. The highest BCUT2D eigenvalue weighted by Gasteiger charge is 2.33. The minimum absolute atomic E-state index is 0.137. The predicted molar refractivity (Wildman–Crippen MR) is 78.3 cm³/mol. The van der Waals surface area contributed by atoms with Crippen LogP contribution in [-0.4, -0.2) is 24.3 Å². The van der Waals surface area contributed by atoms with Gasteiger partial charge in [-0.15, -0.1) is 0 Å². The van der Waals surface area contributed by atoms with Gasteiger partial charge in [0.1, 0.15) is 6.29 Å². The Morgan fingerprint density at radius 1 is 1.21 bits per heavy atom. The summed E-state index contributed by atoms with van der Waals surface area (Å²) in [6, 6.07) is 12.6. The molecule has 1 aliphatic rings. The Morgan fingerprint density at radius 2 is 2.05 bits per heavy atom. The first-order valence-corrected chi connectivity index (χ1v) is 7.55. The first kappa shape index (κ1) is 12.6. The van der Waals surface area contributed by atoms with Crippen molar-refractivity contribution in [2.45, 2.75) is 12.5 Å². The molecule has 0 N–H and O–H groups in total. The molecule has 0 radical (unpaired) electrons. The highest BCUT2D eigenvalue weighted by atomic mass is 32.1. The Kier molecular flexibility index (Phi) is 3.76. The minimum atomic E-state index is 0.137. The summed E-state index contributed by atoms with van der Waals surface area (Å²) in [5.74, 6) is 0.505. The van der Waals surface area contributed by atoms with E-state index in [9.17, 15) is 4.79 Å². The van der Waals surface area contributed by atoms with Gasteiger partial charge in [-0.05, 0) is 28.0 Å². The Hall–Kier alpha value is -1.45. The van der Waals surface area contributed by atoms with Crippen molar-refractivity contribution in [2.24, 2.45) is 5.92 Å². The molecule has 2 unspecified atom stereocenters. The predicted octanol–water partition coefficient (Wildman–Crippen LogP) is 3.16. The maximum absolute atomic E-state index is 11.3. The van der Waals surface area contributed by atoms with Crippen molar-refractivity contribution >= 4 is 17.6 Å². The molecule has 2 atom stereocenters. The van der Waals surface area contributed by atoms with E-state index in [1.165, 1.54) is 11.1 Å². The molecule has 19 heavy (non-hydrogen) atoms. The summed E-state index contributed by atoms with van der Waals surface area (Å²) in [4.78, 5) is 13.7. The summed E-state index contributed by atoms with van der Waals surface area (Å²) in [6.45, 7) is 2.79. The summed E-state index contributed by atoms with van der Waals surface area (Å²) in [5.41, 5.74) is 2.63. The molecule has 0 saturated carbocycles. The van der Waals surface area contributed by atoms with E-state index in [1.54, 1.807) is 11.3 Å².